The van der Waals surface area contributed by atoms with Crippen LogP contribution in [0.15, 0.2) is 30.3 Å². The van der Waals surface area contributed by atoms with Gasteiger partial charge in [0.25, 0.3) is 5.69 Å². The number of carbonyl (C=O) groups excluding carboxylic acids is 1. The van der Waals surface area contributed by atoms with E-state index in [-0.39, 0.29) is 18.1 Å². The third-order valence-electron chi connectivity index (χ3n) is 3.67. The number of nitro groups is 1. The summed E-state index contributed by atoms with van der Waals surface area (Å²) in [5.74, 6) is -0.367. The Kier molecular flexibility index (Phi) is 4.70. The molecule has 2 N–H and O–H groups in total. The molecule has 0 bridgehead atoms. The Hall–Kier alpha value is -2.21. The van der Waals surface area contributed by atoms with Gasteiger partial charge in [-0.25, -0.2) is 0 Å². The molecule has 112 valence electrons. The molecule has 1 saturated carbocycles. The van der Waals surface area contributed by atoms with Crippen LogP contribution in [0.5, 0.6) is 0 Å². The highest BCUT2D eigenvalue weighted by Crippen LogP contribution is 2.28. The molecule has 0 atom stereocenters. The van der Waals surface area contributed by atoms with E-state index >= 15 is 0 Å². The average molecular weight is 290 g/mol. The SMILES string of the molecule is O=C(/C=C/c1ccccc1[N+](=O)[O-])NCC1(O)CCCC1. The molecular formula is C15H18N2O4. The second-order valence-electron chi connectivity index (χ2n) is 5.30. The first-order valence-electron chi connectivity index (χ1n) is 6.92. The molecule has 0 radical (unpaired) electrons. The Morgan fingerprint density at radius 1 is 1.38 bits per heavy atom. The number of hydrogen-bond acceptors (Lipinski definition) is 4. The van der Waals surface area contributed by atoms with Crippen molar-refractivity contribution < 1.29 is 14.8 Å². The summed E-state index contributed by atoms with van der Waals surface area (Å²) < 4.78 is 0. The van der Waals surface area contributed by atoms with Gasteiger partial charge in [-0.2, -0.15) is 0 Å². The average Bonchev–Trinajstić information content (AvgIpc) is 2.90. The maximum absolute atomic E-state index is 11.7. The molecular weight excluding hydrogens is 272 g/mol. The number of nitrogens with one attached hydrogen (secondary N) is 1. The van der Waals surface area contributed by atoms with E-state index in [0.29, 0.717) is 18.4 Å². The van der Waals surface area contributed by atoms with Gasteiger partial charge < -0.3 is 10.4 Å². The second kappa shape index (κ2) is 6.49. The lowest BCUT2D eigenvalue weighted by Crippen LogP contribution is -2.40. The Morgan fingerprint density at radius 2 is 2.05 bits per heavy atom. The fraction of sp³-hybridized carbons (Fsp3) is 0.400. The van der Waals surface area contributed by atoms with Gasteiger partial charge in [0.2, 0.25) is 5.91 Å². The number of amides is 1. The van der Waals surface area contributed by atoms with E-state index < -0.39 is 10.5 Å². The fourth-order valence-corrected chi connectivity index (χ4v) is 2.48. The van der Waals surface area contributed by atoms with E-state index in [4.69, 9.17) is 0 Å². The molecule has 0 spiro atoms. The van der Waals surface area contributed by atoms with Gasteiger partial charge in [0.1, 0.15) is 0 Å². The molecule has 1 aromatic rings. The fourth-order valence-electron chi connectivity index (χ4n) is 2.48. The summed E-state index contributed by atoms with van der Waals surface area (Å²) >= 11 is 0. The second-order valence-corrected chi connectivity index (χ2v) is 5.30. The zero-order chi connectivity index (χ0) is 15.3. The lowest BCUT2D eigenvalue weighted by atomic mass is 10.0. The minimum atomic E-state index is -0.803. The Labute approximate surface area is 122 Å². The normalized spacial score (nSPS) is 17.0. The molecule has 0 saturated heterocycles. The molecule has 21 heavy (non-hydrogen) atoms. The third kappa shape index (κ3) is 4.13. The Bertz CT molecular complexity index is 563. The van der Waals surface area contributed by atoms with Crippen LogP contribution in [0.25, 0.3) is 6.08 Å². The minimum absolute atomic E-state index is 0.0454. The molecule has 6 nitrogen and oxygen atoms in total. The van der Waals surface area contributed by atoms with Gasteiger partial charge >= 0.3 is 0 Å². The third-order valence-corrected chi connectivity index (χ3v) is 3.67. The highest BCUT2D eigenvalue weighted by atomic mass is 16.6. The van der Waals surface area contributed by atoms with E-state index in [2.05, 4.69) is 5.32 Å². The predicted octanol–water partition coefficient (Wildman–Crippen LogP) is 2.03. The van der Waals surface area contributed by atoms with Gasteiger partial charge in [-0.15, -0.1) is 0 Å². The molecule has 1 aromatic carbocycles. The molecule has 0 aliphatic heterocycles. The highest BCUT2D eigenvalue weighted by molar-refractivity contribution is 5.92. The Balaban J connectivity index is 1.95. The van der Waals surface area contributed by atoms with E-state index in [1.807, 2.05) is 0 Å². The summed E-state index contributed by atoms with van der Waals surface area (Å²) in [6, 6.07) is 6.21. The summed E-state index contributed by atoms with van der Waals surface area (Å²) in [5, 5.41) is 23.6. The molecule has 2 rings (SSSR count). The van der Waals surface area contributed by atoms with Crippen LogP contribution in [-0.2, 0) is 4.79 Å². The van der Waals surface area contributed by atoms with Gasteiger partial charge in [0.05, 0.1) is 16.1 Å². The van der Waals surface area contributed by atoms with Crippen LogP contribution in [-0.4, -0.2) is 28.1 Å². The minimum Gasteiger partial charge on any atom is -0.388 e. The monoisotopic (exact) mass is 290 g/mol. The van der Waals surface area contributed by atoms with Gasteiger partial charge in [-0.05, 0) is 25.0 Å². The quantitative estimate of drug-likeness (QED) is 0.493. The number of nitro benzene ring substituents is 1. The summed E-state index contributed by atoms with van der Waals surface area (Å²) in [4.78, 5) is 22.1. The maximum atomic E-state index is 11.7. The summed E-state index contributed by atoms with van der Waals surface area (Å²) in [5.41, 5.74) is -0.476. The number of aliphatic hydroxyl groups is 1. The molecule has 0 heterocycles. The van der Waals surface area contributed by atoms with E-state index in [1.165, 1.54) is 18.2 Å². The summed E-state index contributed by atoms with van der Waals surface area (Å²) in [6.07, 6.45) is 5.99. The van der Waals surface area contributed by atoms with Gasteiger partial charge in [0, 0.05) is 18.7 Å². The zero-order valence-electron chi connectivity index (χ0n) is 11.6. The maximum Gasteiger partial charge on any atom is 0.276 e. The number of rotatable bonds is 5. The van der Waals surface area contributed by atoms with Crippen molar-refractivity contribution in [3.05, 3.63) is 46.0 Å². The van der Waals surface area contributed by atoms with E-state index in [9.17, 15) is 20.0 Å². The van der Waals surface area contributed by atoms with Gasteiger partial charge in [-0.1, -0.05) is 25.0 Å². The topological polar surface area (TPSA) is 92.5 Å². The smallest absolute Gasteiger partial charge is 0.276 e. The first-order chi connectivity index (χ1) is 10.0. The van der Waals surface area contributed by atoms with Crippen LogP contribution in [0, 0.1) is 10.1 Å². The molecule has 0 unspecified atom stereocenters. The van der Waals surface area contributed by atoms with Crippen molar-refractivity contribution in [2.24, 2.45) is 0 Å². The highest BCUT2D eigenvalue weighted by Gasteiger charge is 2.30. The molecule has 6 heteroatoms. The molecule has 1 aliphatic carbocycles. The van der Waals surface area contributed by atoms with E-state index in [1.54, 1.807) is 18.2 Å². The number of carbonyl (C=O) groups is 1. The summed E-state index contributed by atoms with van der Waals surface area (Å²) in [7, 11) is 0. The van der Waals surface area contributed by atoms with Crippen LogP contribution in [0.3, 0.4) is 0 Å². The largest absolute Gasteiger partial charge is 0.388 e. The van der Waals surface area contributed by atoms with Crippen molar-refractivity contribution in [2.75, 3.05) is 6.54 Å². The predicted molar refractivity (Wildman–Crippen MR) is 78.6 cm³/mol. The molecule has 1 amide bonds. The van der Waals surface area contributed by atoms with Crippen LogP contribution in [0.4, 0.5) is 5.69 Å². The van der Waals surface area contributed by atoms with Gasteiger partial charge in [0.15, 0.2) is 0 Å². The van der Waals surface area contributed by atoms with Crippen molar-refractivity contribution in [2.45, 2.75) is 31.3 Å². The summed E-state index contributed by atoms with van der Waals surface area (Å²) in [6.45, 7) is 0.215. The number of hydrogen-bond donors (Lipinski definition) is 2. The lowest BCUT2D eigenvalue weighted by molar-refractivity contribution is -0.385. The van der Waals surface area contributed by atoms with Gasteiger partial charge in [-0.3, -0.25) is 14.9 Å². The van der Waals surface area contributed by atoms with Crippen molar-refractivity contribution in [1.29, 1.82) is 0 Å². The van der Waals surface area contributed by atoms with Crippen molar-refractivity contribution in [3.63, 3.8) is 0 Å². The van der Waals surface area contributed by atoms with E-state index in [0.717, 1.165) is 12.8 Å². The van der Waals surface area contributed by atoms with Crippen molar-refractivity contribution >= 4 is 17.7 Å². The number of para-hydroxylation sites is 1. The van der Waals surface area contributed by atoms with Crippen molar-refractivity contribution in [3.8, 4) is 0 Å². The first-order valence-corrected chi connectivity index (χ1v) is 6.92. The van der Waals surface area contributed by atoms with Crippen molar-refractivity contribution in [1.82, 2.24) is 5.32 Å². The number of nitrogens with zero attached hydrogens (tertiary/aromatic N) is 1. The zero-order valence-corrected chi connectivity index (χ0v) is 11.6. The van der Waals surface area contributed by atoms with Crippen LogP contribution in [0.2, 0.25) is 0 Å². The van der Waals surface area contributed by atoms with Crippen LogP contribution >= 0.6 is 0 Å². The molecule has 1 aliphatic rings. The lowest BCUT2D eigenvalue weighted by Gasteiger charge is -2.21. The van der Waals surface area contributed by atoms with Crippen LogP contribution in [0.1, 0.15) is 31.2 Å². The van der Waals surface area contributed by atoms with Crippen LogP contribution < -0.4 is 5.32 Å². The molecule has 1 fully saturated rings. The first kappa shape index (κ1) is 15.2. The molecule has 0 aromatic heterocycles. The standard InChI is InChI=1S/C15H18N2O4/c18-14(16-11-15(19)9-3-4-10-15)8-7-12-5-1-2-6-13(12)17(20)21/h1-2,5-8,19H,3-4,9-11H2,(H,16,18)/b8-7+. The Morgan fingerprint density at radius 3 is 2.71 bits per heavy atom. The number of benzene rings is 1.